The van der Waals surface area contributed by atoms with E-state index in [1.165, 1.54) is 0 Å². The SMILES string of the molecule is O=C([C@@H](O)Cc1ccccc1)N1CCOCC1. The molecule has 17 heavy (non-hydrogen) atoms. The van der Waals surface area contributed by atoms with Crippen LogP contribution in [0.4, 0.5) is 0 Å². The van der Waals surface area contributed by atoms with Crippen LogP contribution in [0.3, 0.4) is 0 Å². The second-order valence-electron chi connectivity index (χ2n) is 4.14. The monoisotopic (exact) mass is 235 g/mol. The van der Waals surface area contributed by atoms with Gasteiger partial charge in [0.05, 0.1) is 13.2 Å². The second kappa shape index (κ2) is 5.80. The van der Waals surface area contributed by atoms with Gasteiger partial charge in [-0.25, -0.2) is 0 Å². The molecule has 0 saturated carbocycles. The Morgan fingerprint density at radius 2 is 1.94 bits per heavy atom. The van der Waals surface area contributed by atoms with Gasteiger partial charge in [0, 0.05) is 19.5 Å². The summed E-state index contributed by atoms with van der Waals surface area (Å²) < 4.78 is 5.17. The summed E-state index contributed by atoms with van der Waals surface area (Å²) in [5.74, 6) is -0.197. The lowest BCUT2D eigenvalue weighted by atomic mass is 10.1. The molecule has 0 spiro atoms. The van der Waals surface area contributed by atoms with Gasteiger partial charge in [-0.15, -0.1) is 0 Å². The van der Waals surface area contributed by atoms with Gasteiger partial charge in [-0.1, -0.05) is 30.3 Å². The number of benzene rings is 1. The number of amides is 1. The largest absolute Gasteiger partial charge is 0.383 e. The van der Waals surface area contributed by atoms with Gasteiger partial charge < -0.3 is 14.7 Å². The first-order valence-electron chi connectivity index (χ1n) is 5.86. The Morgan fingerprint density at radius 1 is 1.29 bits per heavy atom. The summed E-state index contributed by atoms with van der Waals surface area (Å²) in [4.78, 5) is 13.6. The Morgan fingerprint density at radius 3 is 2.59 bits per heavy atom. The van der Waals surface area contributed by atoms with Gasteiger partial charge in [-0.2, -0.15) is 0 Å². The van der Waals surface area contributed by atoms with Gasteiger partial charge in [0.2, 0.25) is 0 Å². The van der Waals surface area contributed by atoms with Crippen molar-refractivity contribution in [3.63, 3.8) is 0 Å². The molecule has 4 nitrogen and oxygen atoms in total. The molecule has 92 valence electrons. The Bertz CT molecular complexity index is 360. The molecule has 1 aromatic carbocycles. The molecule has 1 aliphatic rings. The number of morpholine rings is 1. The van der Waals surface area contributed by atoms with E-state index in [1.54, 1.807) is 4.90 Å². The summed E-state index contributed by atoms with van der Waals surface area (Å²) in [6.07, 6.45) is -0.577. The number of aliphatic hydroxyl groups is 1. The Kier molecular flexibility index (Phi) is 4.12. The van der Waals surface area contributed by atoms with Crippen molar-refractivity contribution in [2.45, 2.75) is 12.5 Å². The zero-order valence-corrected chi connectivity index (χ0v) is 9.71. The van der Waals surface area contributed by atoms with E-state index >= 15 is 0 Å². The highest BCUT2D eigenvalue weighted by atomic mass is 16.5. The van der Waals surface area contributed by atoms with Gasteiger partial charge in [-0.05, 0) is 5.56 Å². The normalized spacial score (nSPS) is 17.8. The maximum absolute atomic E-state index is 11.9. The fourth-order valence-electron chi connectivity index (χ4n) is 1.92. The number of rotatable bonds is 3. The minimum absolute atomic E-state index is 0.197. The molecule has 1 aliphatic heterocycles. The van der Waals surface area contributed by atoms with Crippen molar-refractivity contribution in [2.24, 2.45) is 0 Å². The van der Waals surface area contributed by atoms with E-state index in [9.17, 15) is 9.90 Å². The summed E-state index contributed by atoms with van der Waals surface area (Å²) in [6.45, 7) is 2.27. The molecular weight excluding hydrogens is 218 g/mol. The van der Waals surface area contributed by atoms with E-state index in [-0.39, 0.29) is 5.91 Å². The molecule has 1 amide bonds. The molecule has 2 rings (SSSR count). The topological polar surface area (TPSA) is 49.8 Å². The van der Waals surface area contributed by atoms with Crippen molar-refractivity contribution in [3.05, 3.63) is 35.9 Å². The van der Waals surface area contributed by atoms with Crippen LogP contribution in [0.5, 0.6) is 0 Å². The fraction of sp³-hybridized carbons (Fsp3) is 0.462. The highest BCUT2D eigenvalue weighted by Crippen LogP contribution is 2.07. The Labute approximate surface area is 101 Å². The predicted molar refractivity (Wildman–Crippen MR) is 63.6 cm³/mol. The van der Waals surface area contributed by atoms with Crippen molar-refractivity contribution in [2.75, 3.05) is 26.3 Å². The maximum Gasteiger partial charge on any atom is 0.251 e. The standard InChI is InChI=1S/C13H17NO3/c15-12(10-11-4-2-1-3-5-11)13(16)14-6-8-17-9-7-14/h1-5,12,15H,6-10H2/t12-/m0/s1. The lowest BCUT2D eigenvalue weighted by molar-refractivity contribution is -0.144. The van der Waals surface area contributed by atoms with E-state index in [1.807, 2.05) is 30.3 Å². The summed E-state index contributed by atoms with van der Waals surface area (Å²) in [6, 6.07) is 9.55. The van der Waals surface area contributed by atoms with Gasteiger partial charge in [0.15, 0.2) is 0 Å². The van der Waals surface area contributed by atoms with Gasteiger partial charge >= 0.3 is 0 Å². The summed E-state index contributed by atoms with van der Waals surface area (Å²) >= 11 is 0. The first-order valence-corrected chi connectivity index (χ1v) is 5.86. The lowest BCUT2D eigenvalue weighted by Crippen LogP contribution is -2.46. The van der Waals surface area contributed by atoms with E-state index in [0.29, 0.717) is 32.7 Å². The minimum Gasteiger partial charge on any atom is -0.383 e. The van der Waals surface area contributed by atoms with Crippen LogP contribution in [0.15, 0.2) is 30.3 Å². The summed E-state index contributed by atoms with van der Waals surface area (Å²) in [5.41, 5.74) is 0.974. The predicted octanol–water partition coefficient (Wildman–Crippen LogP) is 0.449. The van der Waals surface area contributed by atoms with Crippen molar-refractivity contribution >= 4 is 5.91 Å². The minimum atomic E-state index is -0.949. The quantitative estimate of drug-likeness (QED) is 0.827. The highest BCUT2D eigenvalue weighted by Gasteiger charge is 2.23. The Hall–Kier alpha value is -1.39. The number of carbonyl (C=O) groups excluding carboxylic acids is 1. The molecule has 0 radical (unpaired) electrons. The number of hydrogen-bond donors (Lipinski definition) is 1. The van der Waals surface area contributed by atoms with Gasteiger partial charge in [-0.3, -0.25) is 4.79 Å². The van der Waals surface area contributed by atoms with Crippen LogP contribution >= 0.6 is 0 Å². The molecule has 1 N–H and O–H groups in total. The van der Waals surface area contributed by atoms with Crippen molar-refractivity contribution in [1.29, 1.82) is 0 Å². The van der Waals surface area contributed by atoms with Crippen LogP contribution in [0, 0.1) is 0 Å². The molecule has 1 saturated heterocycles. The number of aliphatic hydroxyl groups excluding tert-OH is 1. The van der Waals surface area contributed by atoms with E-state index < -0.39 is 6.10 Å². The molecule has 0 aromatic heterocycles. The third-order valence-electron chi connectivity index (χ3n) is 2.88. The number of nitrogens with zero attached hydrogens (tertiary/aromatic N) is 1. The van der Waals surface area contributed by atoms with Gasteiger partial charge in [0.25, 0.3) is 5.91 Å². The van der Waals surface area contributed by atoms with Crippen molar-refractivity contribution in [1.82, 2.24) is 4.90 Å². The third-order valence-corrected chi connectivity index (χ3v) is 2.88. The molecular formula is C13H17NO3. The zero-order valence-electron chi connectivity index (χ0n) is 9.71. The highest BCUT2D eigenvalue weighted by molar-refractivity contribution is 5.81. The van der Waals surface area contributed by atoms with Gasteiger partial charge in [0.1, 0.15) is 6.10 Å². The zero-order chi connectivity index (χ0) is 12.1. The van der Waals surface area contributed by atoms with Crippen LogP contribution in [0.25, 0.3) is 0 Å². The Balaban J connectivity index is 1.90. The van der Waals surface area contributed by atoms with Crippen LogP contribution in [-0.4, -0.2) is 48.3 Å². The molecule has 0 unspecified atom stereocenters. The molecule has 1 atom stereocenters. The molecule has 1 heterocycles. The first kappa shape index (κ1) is 12.1. The van der Waals surface area contributed by atoms with E-state index in [4.69, 9.17) is 4.74 Å². The van der Waals surface area contributed by atoms with Crippen LogP contribution in [0.1, 0.15) is 5.56 Å². The van der Waals surface area contributed by atoms with E-state index in [2.05, 4.69) is 0 Å². The van der Waals surface area contributed by atoms with Crippen LogP contribution < -0.4 is 0 Å². The lowest BCUT2D eigenvalue weighted by Gasteiger charge is -2.28. The van der Waals surface area contributed by atoms with Crippen LogP contribution in [0.2, 0.25) is 0 Å². The molecule has 4 heteroatoms. The first-order chi connectivity index (χ1) is 8.27. The smallest absolute Gasteiger partial charge is 0.251 e. The third kappa shape index (κ3) is 3.28. The summed E-state index contributed by atoms with van der Waals surface area (Å²) in [5, 5.41) is 9.89. The maximum atomic E-state index is 11.9. The molecule has 1 aromatic rings. The van der Waals surface area contributed by atoms with Crippen molar-refractivity contribution < 1.29 is 14.6 Å². The average Bonchev–Trinajstić information content (AvgIpc) is 2.40. The van der Waals surface area contributed by atoms with E-state index in [0.717, 1.165) is 5.56 Å². The van der Waals surface area contributed by atoms with Crippen molar-refractivity contribution in [3.8, 4) is 0 Å². The fourth-order valence-corrected chi connectivity index (χ4v) is 1.92. The number of carbonyl (C=O) groups is 1. The summed E-state index contributed by atoms with van der Waals surface area (Å²) in [7, 11) is 0. The second-order valence-corrected chi connectivity index (χ2v) is 4.14. The molecule has 0 bridgehead atoms. The number of ether oxygens (including phenoxy) is 1. The molecule has 0 aliphatic carbocycles. The molecule has 1 fully saturated rings. The van der Waals surface area contributed by atoms with Crippen LogP contribution in [-0.2, 0) is 16.0 Å². The number of hydrogen-bond acceptors (Lipinski definition) is 3. The average molecular weight is 235 g/mol.